The highest BCUT2D eigenvalue weighted by Crippen LogP contribution is 2.26. The fraction of sp³-hybridized carbons (Fsp3) is 0.333. The number of carbonyl (C=O) groups is 1. The van der Waals surface area contributed by atoms with Crippen molar-refractivity contribution >= 4 is 11.7 Å². The molecule has 2 N–H and O–H groups in total. The molecule has 2 aromatic heterocycles. The van der Waals surface area contributed by atoms with Crippen LogP contribution in [-0.2, 0) is 17.6 Å². The molecule has 0 spiro atoms. The first-order valence-electron chi connectivity index (χ1n) is 8.51. The molecule has 0 fully saturated rings. The monoisotopic (exact) mass is 353 g/mol. The van der Waals surface area contributed by atoms with Gasteiger partial charge in [0.2, 0.25) is 5.91 Å². The molecule has 26 heavy (non-hydrogen) atoms. The molecule has 0 saturated carbocycles. The van der Waals surface area contributed by atoms with Crippen LogP contribution in [0.5, 0.6) is 5.75 Å². The summed E-state index contributed by atoms with van der Waals surface area (Å²) in [6, 6.07) is 9.36. The van der Waals surface area contributed by atoms with Gasteiger partial charge in [0.1, 0.15) is 11.6 Å². The number of aromatic amines is 1. The SMILES string of the molecule is Cc1cc(=O)n2[nH]c(CC(=O)NC[C@H]3COc4ccccc4C3)nc2n1. The summed E-state index contributed by atoms with van der Waals surface area (Å²) >= 11 is 0. The van der Waals surface area contributed by atoms with E-state index in [0.717, 1.165) is 17.7 Å². The van der Waals surface area contributed by atoms with Gasteiger partial charge in [-0.1, -0.05) is 18.2 Å². The lowest BCUT2D eigenvalue weighted by Crippen LogP contribution is -2.35. The van der Waals surface area contributed by atoms with Crippen LogP contribution in [-0.4, -0.2) is 38.6 Å². The lowest BCUT2D eigenvalue weighted by molar-refractivity contribution is -0.120. The molecular weight excluding hydrogens is 334 g/mol. The maximum Gasteiger partial charge on any atom is 0.274 e. The molecule has 1 aliphatic rings. The average Bonchev–Trinajstić information content (AvgIpc) is 3.02. The number of carbonyl (C=O) groups excluding carboxylic acids is 1. The number of ether oxygens (including phenoxy) is 1. The van der Waals surface area contributed by atoms with Crippen LogP contribution in [0.25, 0.3) is 5.78 Å². The van der Waals surface area contributed by atoms with Crippen molar-refractivity contribution in [3.63, 3.8) is 0 Å². The lowest BCUT2D eigenvalue weighted by Gasteiger charge is -2.25. The Labute approximate surface area is 149 Å². The second-order valence-corrected chi connectivity index (χ2v) is 6.51. The van der Waals surface area contributed by atoms with Crippen LogP contribution >= 0.6 is 0 Å². The molecule has 1 amide bonds. The minimum absolute atomic E-state index is 0.0615. The van der Waals surface area contributed by atoms with E-state index in [2.05, 4.69) is 20.4 Å². The summed E-state index contributed by atoms with van der Waals surface area (Å²) in [6.07, 6.45) is 0.936. The number of aromatic nitrogens is 4. The minimum Gasteiger partial charge on any atom is -0.493 e. The molecule has 1 atom stereocenters. The van der Waals surface area contributed by atoms with Gasteiger partial charge in [-0.25, -0.2) is 4.98 Å². The standard InChI is InChI=1S/C18H19N5O3/c1-11-6-17(25)23-18(20-11)21-15(22-23)8-16(24)19-9-12-7-13-4-2-3-5-14(13)26-10-12/h2-6,12H,7-10H2,1H3,(H,19,24)(H,20,21,22)/t12-/m0/s1. The van der Waals surface area contributed by atoms with Crippen LogP contribution in [0.15, 0.2) is 35.1 Å². The number of para-hydroxylation sites is 1. The summed E-state index contributed by atoms with van der Waals surface area (Å²) in [6.45, 7) is 2.85. The highest BCUT2D eigenvalue weighted by atomic mass is 16.5. The fourth-order valence-corrected chi connectivity index (χ4v) is 3.11. The Hall–Kier alpha value is -3.16. The van der Waals surface area contributed by atoms with E-state index in [1.54, 1.807) is 6.92 Å². The van der Waals surface area contributed by atoms with Crippen molar-refractivity contribution in [2.75, 3.05) is 13.2 Å². The molecule has 134 valence electrons. The summed E-state index contributed by atoms with van der Waals surface area (Å²) in [4.78, 5) is 32.5. The van der Waals surface area contributed by atoms with Crippen LogP contribution in [0.2, 0.25) is 0 Å². The van der Waals surface area contributed by atoms with Crippen LogP contribution in [0.1, 0.15) is 17.1 Å². The predicted octanol–water partition coefficient (Wildman–Crippen LogP) is 0.636. The second kappa shape index (κ2) is 6.62. The van der Waals surface area contributed by atoms with Crippen molar-refractivity contribution in [3.8, 4) is 5.75 Å². The molecule has 8 nitrogen and oxygen atoms in total. The molecular formula is C18H19N5O3. The van der Waals surface area contributed by atoms with Gasteiger partial charge in [-0.2, -0.15) is 9.50 Å². The summed E-state index contributed by atoms with van der Waals surface area (Å²) in [5, 5.41) is 5.73. The van der Waals surface area contributed by atoms with Crippen LogP contribution in [0, 0.1) is 12.8 Å². The Morgan fingerprint density at radius 2 is 2.23 bits per heavy atom. The Morgan fingerprint density at radius 1 is 1.38 bits per heavy atom. The van der Waals surface area contributed by atoms with Gasteiger partial charge in [-0.05, 0) is 25.0 Å². The number of fused-ring (bicyclic) bond motifs is 2. The first kappa shape index (κ1) is 16.3. The number of aryl methyl sites for hydroxylation is 1. The smallest absolute Gasteiger partial charge is 0.274 e. The molecule has 3 aromatic rings. The third-order valence-corrected chi connectivity index (χ3v) is 4.38. The number of nitrogens with one attached hydrogen (secondary N) is 2. The van der Waals surface area contributed by atoms with Gasteiger partial charge in [-0.15, -0.1) is 0 Å². The van der Waals surface area contributed by atoms with Gasteiger partial charge in [0.15, 0.2) is 0 Å². The number of amides is 1. The molecule has 8 heteroatoms. The van der Waals surface area contributed by atoms with E-state index in [4.69, 9.17) is 4.74 Å². The van der Waals surface area contributed by atoms with Crippen molar-refractivity contribution < 1.29 is 9.53 Å². The van der Waals surface area contributed by atoms with Gasteiger partial charge >= 0.3 is 0 Å². The molecule has 1 aromatic carbocycles. The number of benzene rings is 1. The first-order chi connectivity index (χ1) is 12.6. The van der Waals surface area contributed by atoms with Crippen LogP contribution in [0.3, 0.4) is 0 Å². The van der Waals surface area contributed by atoms with Crippen molar-refractivity contribution in [2.24, 2.45) is 5.92 Å². The summed E-state index contributed by atoms with van der Waals surface area (Å²) < 4.78 is 6.97. The zero-order valence-electron chi connectivity index (χ0n) is 14.4. The third-order valence-electron chi connectivity index (χ3n) is 4.38. The largest absolute Gasteiger partial charge is 0.493 e. The zero-order valence-corrected chi connectivity index (χ0v) is 14.4. The van der Waals surface area contributed by atoms with Gasteiger partial charge < -0.3 is 10.1 Å². The molecule has 0 radical (unpaired) electrons. The molecule has 0 aliphatic carbocycles. The molecule has 0 saturated heterocycles. The average molecular weight is 353 g/mol. The summed E-state index contributed by atoms with van der Waals surface area (Å²) in [5.74, 6) is 1.67. The predicted molar refractivity (Wildman–Crippen MR) is 94.2 cm³/mol. The number of hydrogen-bond donors (Lipinski definition) is 2. The molecule has 4 rings (SSSR count). The van der Waals surface area contributed by atoms with E-state index in [1.807, 2.05) is 24.3 Å². The molecule has 3 heterocycles. The summed E-state index contributed by atoms with van der Waals surface area (Å²) in [7, 11) is 0. The van der Waals surface area contributed by atoms with E-state index < -0.39 is 0 Å². The summed E-state index contributed by atoms with van der Waals surface area (Å²) in [5.41, 5.74) is 1.51. The third kappa shape index (κ3) is 3.30. The van der Waals surface area contributed by atoms with Crippen molar-refractivity contribution in [3.05, 3.63) is 57.8 Å². The van der Waals surface area contributed by atoms with E-state index in [9.17, 15) is 9.59 Å². The van der Waals surface area contributed by atoms with E-state index >= 15 is 0 Å². The Bertz CT molecular complexity index is 1020. The maximum atomic E-state index is 12.2. The van der Waals surface area contributed by atoms with E-state index in [-0.39, 0.29) is 29.6 Å². The topological polar surface area (TPSA) is 101 Å². The first-order valence-corrected chi connectivity index (χ1v) is 8.51. The van der Waals surface area contributed by atoms with Gasteiger partial charge in [-0.3, -0.25) is 14.7 Å². The molecule has 1 aliphatic heterocycles. The van der Waals surface area contributed by atoms with Crippen LogP contribution < -0.4 is 15.6 Å². The number of rotatable bonds is 4. The van der Waals surface area contributed by atoms with Crippen molar-refractivity contribution in [2.45, 2.75) is 19.8 Å². The second-order valence-electron chi connectivity index (χ2n) is 6.51. The lowest BCUT2D eigenvalue weighted by atomic mass is 9.97. The number of nitrogens with zero attached hydrogens (tertiary/aromatic N) is 3. The highest BCUT2D eigenvalue weighted by Gasteiger charge is 2.20. The normalized spacial score (nSPS) is 16.1. The Kier molecular flexibility index (Phi) is 4.16. The Balaban J connectivity index is 1.36. The Morgan fingerprint density at radius 3 is 3.12 bits per heavy atom. The van der Waals surface area contributed by atoms with Gasteiger partial charge in [0.05, 0.1) is 13.0 Å². The van der Waals surface area contributed by atoms with Crippen molar-refractivity contribution in [1.29, 1.82) is 0 Å². The highest BCUT2D eigenvalue weighted by molar-refractivity contribution is 5.77. The molecule has 0 unspecified atom stereocenters. The van der Waals surface area contributed by atoms with Crippen molar-refractivity contribution in [1.82, 2.24) is 24.9 Å². The van der Waals surface area contributed by atoms with E-state index in [0.29, 0.717) is 24.7 Å². The zero-order chi connectivity index (χ0) is 18.1. The molecule has 0 bridgehead atoms. The van der Waals surface area contributed by atoms with E-state index in [1.165, 1.54) is 10.6 Å². The number of hydrogen-bond acceptors (Lipinski definition) is 5. The quantitative estimate of drug-likeness (QED) is 0.717. The van der Waals surface area contributed by atoms with Crippen LogP contribution in [0.4, 0.5) is 0 Å². The maximum absolute atomic E-state index is 12.2. The fourth-order valence-electron chi connectivity index (χ4n) is 3.11. The van der Waals surface area contributed by atoms with Gasteiger partial charge in [0, 0.05) is 24.2 Å². The van der Waals surface area contributed by atoms with Gasteiger partial charge in [0.25, 0.3) is 11.3 Å². The number of H-pyrrole nitrogens is 1. The minimum atomic E-state index is -0.246.